The van der Waals surface area contributed by atoms with Crippen molar-refractivity contribution in [3.8, 4) is 6.07 Å². The number of rotatable bonds is 3. The fourth-order valence-corrected chi connectivity index (χ4v) is 1.88. The van der Waals surface area contributed by atoms with Crippen LogP contribution in [0.25, 0.3) is 0 Å². The summed E-state index contributed by atoms with van der Waals surface area (Å²) in [5.41, 5.74) is -1.03. The van der Waals surface area contributed by atoms with Crippen LogP contribution in [0, 0.1) is 11.3 Å². The van der Waals surface area contributed by atoms with Gasteiger partial charge in [0.1, 0.15) is 12.1 Å². The molecule has 1 saturated carbocycles. The van der Waals surface area contributed by atoms with E-state index in [0.717, 1.165) is 12.8 Å². The Morgan fingerprint density at radius 2 is 2.00 bits per heavy atom. The highest BCUT2D eigenvalue weighted by molar-refractivity contribution is 5.90. The van der Waals surface area contributed by atoms with E-state index in [1.54, 1.807) is 6.07 Å². The molecule has 15 heavy (non-hydrogen) atoms. The van der Waals surface area contributed by atoms with Gasteiger partial charge >= 0.3 is 6.09 Å². The van der Waals surface area contributed by atoms with E-state index < -0.39 is 17.5 Å². The molecule has 0 radical (unpaired) electrons. The van der Waals surface area contributed by atoms with Gasteiger partial charge in [-0.25, -0.2) is 4.79 Å². The highest BCUT2D eigenvalue weighted by atomic mass is 16.4. The zero-order valence-electron chi connectivity index (χ0n) is 8.25. The van der Waals surface area contributed by atoms with Crippen LogP contribution in [0.5, 0.6) is 0 Å². The maximum Gasteiger partial charge on any atom is 0.405 e. The van der Waals surface area contributed by atoms with Crippen LogP contribution in [-0.2, 0) is 4.79 Å². The van der Waals surface area contributed by atoms with E-state index in [2.05, 4.69) is 10.6 Å². The first-order chi connectivity index (χ1) is 7.10. The first-order valence-electron chi connectivity index (χ1n) is 4.77. The Labute approximate surface area is 87.3 Å². The molecule has 0 saturated heterocycles. The largest absolute Gasteiger partial charge is 0.465 e. The normalized spacial score (nSPS) is 17.8. The molecule has 2 amide bonds. The Hall–Kier alpha value is -1.77. The third-order valence-electron chi connectivity index (χ3n) is 2.57. The van der Waals surface area contributed by atoms with Gasteiger partial charge in [0.2, 0.25) is 5.91 Å². The van der Waals surface area contributed by atoms with Gasteiger partial charge in [-0.3, -0.25) is 4.79 Å². The number of hydrogen-bond donors (Lipinski definition) is 3. The quantitative estimate of drug-likeness (QED) is 0.580. The predicted molar refractivity (Wildman–Crippen MR) is 51.0 cm³/mol. The molecule has 1 aliphatic rings. The van der Waals surface area contributed by atoms with Crippen molar-refractivity contribution in [1.29, 1.82) is 5.26 Å². The van der Waals surface area contributed by atoms with Gasteiger partial charge in [0.05, 0.1) is 6.07 Å². The van der Waals surface area contributed by atoms with Crippen LogP contribution in [0.2, 0.25) is 0 Å². The number of nitriles is 1. The van der Waals surface area contributed by atoms with Crippen molar-refractivity contribution < 1.29 is 14.7 Å². The Kier molecular flexibility index (Phi) is 3.50. The van der Waals surface area contributed by atoms with Gasteiger partial charge in [0.15, 0.2) is 0 Å². The summed E-state index contributed by atoms with van der Waals surface area (Å²) in [5.74, 6) is -0.399. The molecule has 6 heteroatoms. The summed E-state index contributed by atoms with van der Waals surface area (Å²) in [5, 5.41) is 21.6. The molecule has 82 valence electrons. The van der Waals surface area contributed by atoms with Crippen molar-refractivity contribution in [3.63, 3.8) is 0 Å². The van der Waals surface area contributed by atoms with Gasteiger partial charge in [-0.1, -0.05) is 12.8 Å². The average molecular weight is 211 g/mol. The molecule has 1 fully saturated rings. The molecule has 0 aromatic heterocycles. The Morgan fingerprint density at radius 3 is 2.47 bits per heavy atom. The first kappa shape index (κ1) is 11.3. The lowest BCUT2D eigenvalue weighted by molar-refractivity contribution is -0.127. The molecule has 1 aliphatic carbocycles. The molecule has 0 unspecified atom stereocenters. The van der Waals surface area contributed by atoms with Crippen molar-refractivity contribution >= 4 is 12.0 Å². The molecule has 0 spiro atoms. The van der Waals surface area contributed by atoms with E-state index in [0.29, 0.717) is 12.8 Å². The van der Waals surface area contributed by atoms with Gasteiger partial charge in [0, 0.05) is 0 Å². The zero-order chi connectivity index (χ0) is 11.3. The van der Waals surface area contributed by atoms with Crippen molar-refractivity contribution in [1.82, 2.24) is 10.6 Å². The molecular formula is C9H13N3O3. The second-order valence-corrected chi connectivity index (χ2v) is 3.56. The molecule has 0 aromatic carbocycles. The molecule has 6 nitrogen and oxygen atoms in total. The molecule has 0 bridgehead atoms. The maximum absolute atomic E-state index is 11.7. The summed E-state index contributed by atoms with van der Waals surface area (Å²) in [7, 11) is 0. The van der Waals surface area contributed by atoms with E-state index in [1.165, 1.54) is 0 Å². The van der Waals surface area contributed by atoms with Crippen molar-refractivity contribution in [3.05, 3.63) is 0 Å². The number of nitrogens with one attached hydrogen (secondary N) is 2. The van der Waals surface area contributed by atoms with Gasteiger partial charge < -0.3 is 15.7 Å². The summed E-state index contributed by atoms with van der Waals surface area (Å²) in [6, 6.07) is 1.79. The standard InChI is InChI=1S/C9H13N3O3/c10-5-6-11-7(13)9(12-8(14)15)3-1-2-4-9/h12H,1-4,6H2,(H,11,13)(H,14,15). The molecule has 3 N–H and O–H groups in total. The monoisotopic (exact) mass is 211 g/mol. The second kappa shape index (κ2) is 4.64. The topological polar surface area (TPSA) is 102 Å². The van der Waals surface area contributed by atoms with Gasteiger partial charge in [-0.05, 0) is 12.8 Å². The minimum atomic E-state index is -1.20. The lowest BCUT2D eigenvalue weighted by Crippen LogP contribution is -2.56. The minimum Gasteiger partial charge on any atom is -0.465 e. The second-order valence-electron chi connectivity index (χ2n) is 3.56. The zero-order valence-corrected chi connectivity index (χ0v) is 8.25. The lowest BCUT2D eigenvalue weighted by Gasteiger charge is -2.26. The smallest absolute Gasteiger partial charge is 0.405 e. The first-order valence-corrected chi connectivity index (χ1v) is 4.77. The van der Waals surface area contributed by atoms with Gasteiger partial charge in [0.25, 0.3) is 0 Å². The number of nitrogens with zero attached hydrogens (tertiary/aromatic N) is 1. The molecule has 0 aromatic rings. The SMILES string of the molecule is N#CCNC(=O)C1(NC(=O)O)CCCC1. The number of carbonyl (C=O) groups is 2. The fourth-order valence-electron chi connectivity index (χ4n) is 1.88. The van der Waals surface area contributed by atoms with Crippen LogP contribution >= 0.6 is 0 Å². The van der Waals surface area contributed by atoms with Crippen molar-refractivity contribution in [2.45, 2.75) is 31.2 Å². The Balaban J connectivity index is 2.68. The Morgan fingerprint density at radius 1 is 1.40 bits per heavy atom. The van der Waals surface area contributed by atoms with Crippen LogP contribution in [0.15, 0.2) is 0 Å². The molecule has 0 atom stereocenters. The number of carbonyl (C=O) groups excluding carboxylic acids is 1. The van der Waals surface area contributed by atoms with E-state index in [9.17, 15) is 9.59 Å². The fraction of sp³-hybridized carbons (Fsp3) is 0.667. The third kappa shape index (κ3) is 2.59. The number of hydrogen-bond acceptors (Lipinski definition) is 3. The summed E-state index contributed by atoms with van der Waals surface area (Å²) < 4.78 is 0. The van der Waals surface area contributed by atoms with Crippen molar-refractivity contribution in [2.75, 3.05) is 6.54 Å². The van der Waals surface area contributed by atoms with Crippen LogP contribution in [0.4, 0.5) is 4.79 Å². The van der Waals surface area contributed by atoms with Gasteiger partial charge in [-0.15, -0.1) is 0 Å². The van der Waals surface area contributed by atoms with Gasteiger partial charge in [-0.2, -0.15) is 5.26 Å². The lowest BCUT2D eigenvalue weighted by atomic mass is 9.96. The molecule has 1 rings (SSSR count). The van der Waals surface area contributed by atoms with Crippen LogP contribution < -0.4 is 10.6 Å². The average Bonchev–Trinajstić information content (AvgIpc) is 2.62. The summed E-state index contributed by atoms with van der Waals surface area (Å²) in [6.45, 7) is -0.0954. The number of amides is 2. The maximum atomic E-state index is 11.7. The third-order valence-corrected chi connectivity index (χ3v) is 2.57. The summed E-state index contributed by atoms with van der Waals surface area (Å²) in [6.07, 6.45) is 1.43. The number of carboxylic acid groups (broad SMARTS) is 1. The van der Waals surface area contributed by atoms with E-state index in [-0.39, 0.29) is 6.54 Å². The van der Waals surface area contributed by atoms with Crippen molar-refractivity contribution in [2.24, 2.45) is 0 Å². The highest BCUT2D eigenvalue weighted by Crippen LogP contribution is 2.29. The summed E-state index contributed by atoms with van der Waals surface area (Å²) in [4.78, 5) is 22.3. The summed E-state index contributed by atoms with van der Waals surface area (Å²) >= 11 is 0. The molecule has 0 aliphatic heterocycles. The molecular weight excluding hydrogens is 198 g/mol. The predicted octanol–water partition coefficient (Wildman–Crippen LogP) is 0.207. The van der Waals surface area contributed by atoms with E-state index in [4.69, 9.17) is 10.4 Å². The van der Waals surface area contributed by atoms with E-state index >= 15 is 0 Å². The van der Waals surface area contributed by atoms with Crippen LogP contribution in [-0.4, -0.2) is 29.2 Å². The minimum absolute atomic E-state index is 0.0954. The molecule has 0 heterocycles. The van der Waals surface area contributed by atoms with E-state index in [1.807, 2.05) is 0 Å². The van der Waals surface area contributed by atoms with Crippen LogP contribution in [0.3, 0.4) is 0 Å². The highest BCUT2D eigenvalue weighted by Gasteiger charge is 2.42. The van der Waals surface area contributed by atoms with Crippen LogP contribution in [0.1, 0.15) is 25.7 Å². The Bertz CT molecular complexity index is 302.